The molecule has 0 radical (unpaired) electrons. The average molecular weight is 437 g/mol. The molecule has 1 spiro atoms. The highest BCUT2D eigenvalue weighted by atomic mass is 16.6. The standard InChI is InChI=1S/C24H32N6O2/c1-3-32-23(31)30-16-24(17-30)6-4-19(14-24)28-10-12-29(13-11-28)22-21(18(2)5-7-27-22)20-15-25-8-9-26-20/h5,7-9,15,19H,3-4,6,10-14,16-17H2,1-2H3/t19-/m1/s1. The average Bonchev–Trinajstić information content (AvgIpc) is 3.25. The Kier molecular flexibility index (Phi) is 5.71. The number of hydrogen-bond donors (Lipinski definition) is 0. The molecule has 170 valence electrons. The van der Waals surface area contributed by atoms with Crippen LogP contribution in [0, 0.1) is 12.3 Å². The highest BCUT2D eigenvalue weighted by molar-refractivity contribution is 5.76. The van der Waals surface area contributed by atoms with Crippen LogP contribution in [0.4, 0.5) is 10.6 Å². The van der Waals surface area contributed by atoms with Gasteiger partial charge in [0, 0.05) is 74.9 Å². The molecule has 1 saturated carbocycles. The number of piperazine rings is 1. The minimum absolute atomic E-state index is 0.153. The van der Waals surface area contributed by atoms with Gasteiger partial charge in [-0.15, -0.1) is 0 Å². The SMILES string of the molecule is CCOC(=O)N1CC2(CC[C@@H](N3CCN(c4nccc(C)c4-c4cnccn4)CC3)C2)C1. The van der Waals surface area contributed by atoms with Crippen molar-refractivity contribution in [1.82, 2.24) is 24.8 Å². The number of rotatable bonds is 4. The van der Waals surface area contributed by atoms with Crippen LogP contribution in [0.25, 0.3) is 11.3 Å². The fourth-order valence-electron chi connectivity index (χ4n) is 5.71. The molecule has 4 heterocycles. The molecule has 5 rings (SSSR count). The van der Waals surface area contributed by atoms with Crippen LogP contribution >= 0.6 is 0 Å². The van der Waals surface area contributed by atoms with Crippen molar-refractivity contribution in [2.24, 2.45) is 5.41 Å². The molecule has 0 aromatic carbocycles. The van der Waals surface area contributed by atoms with Crippen LogP contribution < -0.4 is 4.90 Å². The Labute approximate surface area is 189 Å². The Morgan fingerprint density at radius 2 is 1.97 bits per heavy atom. The van der Waals surface area contributed by atoms with Gasteiger partial charge in [-0.25, -0.2) is 9.78 Å². The lowest BCUT2D eigenvalue weighted by Crippen LogP contribution is -2.58. The van der Waals surface area contributed by atoms with Crippen LogP contribution in [-0.2, 0) is 4.74 Å². The van der Waals surface area contributed by atoms with Gasteiger partial charge in [0.25, 0.3) is 0 Å². The number of carbonyl (C=O) groups excluding carboxylic acids is 1. The first-order valence-corrected chi connectivity index (χ1v) is 11.7. The predicted molar refractivity (Wildman–Crippen MR) is 122 cm³/mol. The maximum Gasteiger partial charge on any atom is 0.409 e. The molecular formula is C24H32N6O2. The molecule has 3 fully saturated rings. The van der Waals surface area contributed by atoms with E-state index in [1.807, 2.05) is 30.3 Å². The summed E-state index contributed by atoms with van der Waals surface area (Å²) in [7, 11) is 0. The van der Waals surface area contributed by atoms with Crippen molar-refractivity contribution in [3.63, 3.8) is 0 Å². The van der Waals surface area contributed by atoms with Gasteiger partial charge in [-0.1, -0.05) is 0 Å². The van der Waals surface area contributed by atoms with Gasteiger partial charge in [0.15, 0.2) is 0 Å². The molecule has 2 aromatic heterocycles. The number of anilines is 1. The Morgan fingerprint density at radius 3 is 2.69 bits per heavy atom. The molecule has 1 aliphatic carbocycles. The van der Waals surface area contributed by atoms with Crippen molar-refractivity contribution < 1.29 is 9.53 Å². The van der Waals surface area contributed by atoms with Gasteiger partial charge in [0.2, 0.25) is 0 Å². The first-order valence-electron chi connectivity index (χ1n) is 11.7. The zero-order chi connectivity index (χ0) is 22.1. The Balaban J connectivity index is 1.20. The number of pyridine rings is 1. The van der Waals surface area contributed by atoms with Gasteiger partial charge >= 0.3 is 6.09 Å². The third kappa shape index (κ3) is 3.92. The summed E-state index contributed by atoms with van der Waals surface area (Å²) in [6, 6.07) is 2.66. The van der Waals surface area contributed by atoms with Crippen molar-refractivity contribution in [3.05, 3.63) is 36.4 Å². The van der Waals surface area contributed by atoms with E-state index in [-0.39, 0.29) is 6.09 Å². The molecule has 32 heavy (non-hydrogen) atoms. The largest absolute Gasteiger partial charge is 0.450 e. The Bertz CT molecular complexity index is 954. The summed E-state index contributed by atoms with van der Waals surface area (Å²) >= 11 is 0. The summed E-state index contributed by atoms with van der Waals surface area (Å²) in [5.74, 6) is 1.01. The monoisotopic (exact) mass is 436 g/mol. The highest BCUT2D eigenvalue weighted by Gasteiger charge is 2.51. The Hall–Kier alpha value is -2.74. The molecule has 8 heteroatoms. The summed E-state index contributed by atoms with van der Waals surface area (Å²) in [5, 5.41) is 0. The zero-order valence-electron chi connectivity index (χ0n) is 19.0. The van der Waals surface area contributed by atoms with Crippen molar-refractivity contribution >= 4 is 11.9 Å². The van der Waals surface area contributed by atoms with Crippen LogP contribution in [0.2, 0.25) is 0 Å². The Morgan fingerprint density at radius 1 is 1.16 bits per heavy atom. The third-order valence-corrected chi connectivity index (χ3v) is 7.34. The second-order valence-electron chi connectivity index (χ2n) is 9.39. The van der Waals surface area contributed by atoms with E-state index in [1.54, 1.807) is 12.4 Å². The maximum absolute atomic E-state index is 11.9. The van der Waals surface area contributed by atoms with Crippen LogP contribution in [-0.4, -0.2) is 82.8 Å². The molecule has 1 atom stereocenters. The molecule has 1 amide bonds. The van der Waals surface area contributed by atoms with E-state index in [0.29, 0.717) is 18.1 Å². The summed E-state index contributed by atoms with van der Waals surface area (Å²) in [4.78, 5) is 32.4. The maximum atomic E-state index is 11.9. The molecule has 3 aliphatic rings. The number of carbonyl (C=O) groups is 1. The molecular weight excluding hydrogens is 404 g/mol. The predicted octanol–water partition coefficient (Wildman–Crippen LogP) is 2.98. The van der Waals surface area contributed by atoms with Gasteiger partial charge in [-0.05, 0) is 44.7 Å². The topological polar surface area (TPSA) is 74.7 Å². The van der Waals surface area contributed by atoms with Crippen LogP contribution in [0.5, 0.6) is 0 Å². The van der Waals surface area contributed by atoms with E-state index in [2.05, 4.69) is 26.7 Å². The number of ether oxygens (including phenoxy) is 1. The first kappa shape index (κ1) is 21.1. The lowest BCUT2D eigenvalue weighted by atomic mass is 9.78. The van der Waals surface area contributed by atoms with Gasteiger partial charge in [0.05, 0.1) is 18.5 Å². The fraction of sp³-hybridized carbons (Fsp3) is 0.583. The normalized spacial score (nSPS) is 22.8. The van der Waals surface area contributed by atoms with Crippen molar-refractivity contribution in [2.45, 2.75) is 39.2 Å². The first-order chi connectivity index (χ1) is 15.6. The third-order valence-electron chi connectivity index (χ3n) is 7.34. The molecule has 2 saturated heterocycles. The quantitative estimate of drug-likeness (QED) is 0.729. The zero-order valence-corrected chi connectivity index (χ0v) is 19.0. The van der Waals surface area contributed by atoms with Gasteiger partial charge in [-0.2, -0.15) is 0 Å². The van der Waals surface area contributed by atoms with Gasteiger partial charge < -0.3 is 14.5 Å². The molecule has 2 aliphatic heterocycles. The minimum atomic E-state index is -0.153. The molecule has 8 nitrogen and oxygen atoms in total. The van der Waals surface area contributed by atoms with Gasteiger partial charge in [0.1, 0.15) is 5.82 Å². The van der Waals surface area contributed by atoms with Crippen molar-refractivity contribution in [1.29, 1.82) is 0 Å². The summed E-state index contributed by atoms with van der Waals surface area (Å²) in [5.41, 5.74) is 3.45. The summed E-state index contributed by atoms with van der Waals surface area (Å²) < 4.78 is 5.15. The molecule has 0 N–H and O–H groups in total. The molecule has 2 aromatic rings. The van der Waals surface area contributed by atoms with E-state index in [9.17, 15) is 4.79 Å². The highest BCUT2D eigenvalue weighted by Crippen LogP contribution is 2.47. The number of likely N-dealkylation sites (tertiary alicyclic amines) is 1. The van der Waals surface area contributed by atoms with E-state index < -0.39 is 0 Å². The lowest BCUT2D eigenvalue weighted by Gasteiger charge is -2.48. The second-order valence-corrected chi connectivity index (χ2v) is 9.39. The summed E-state index contributed by atoms with van der Waals surface area (Å²) in [6.07, 6.45) is 10.6. The van der Waals surface area contributed by atoms with Crippen molar-refractivity contribution in [2.75, 3.05) is 50.8 Å². The lowest BCUT2D eigenvalue weighted by molar-refractivity contribution is -0.00294. The van der Waals surface area contributed by atoms with Crippen molar-refractivity contribution in [3.8, 4) is 11.3 Å². The number of nitrogens with zero attached hydrogens (tertiary/aromatic N) is 6. The van der Waals surface area contributed by atoms with E-state index in [0.717, 1.165) is 56.3 Å². The molecule has 0 bridgehead atoms. The number of aryl methyl sites for hydroxylation is 1. The number of hydrogen-bond acceptors (Lipinski definition) is 7. The van der Waals surface area contributed by atoms with E-state index >= 15 is 0 Å². The van der Waals surface area contributed by atoms with E-state index in [4.69, 9.17) is 9.72 Å². The number of amides is 1. The van der Waals surface area contributed by atoms with Gasteiger partial charge in [-0.3, -0.25) is 14.9 Å². The smallest absolute Gasteiger partial charge is 0.409 e. The van der Waals surface area contributed by atoms with Crippen LogP contribution in [0.15, 0.2) is 30.9 Å². The van der Waals surface area contributed by atoms with Crippen LogP contribution in [0.3, 0.4) is 0 Å². The minimum Gasteiger partial charge on any atom is -0.450 e. The molecule has 0 unspecified atom stereocenters. The van der Waals surface area contributed by atoms with E-state index in [1.165, 1.54) is 24.8 Å². The summed E-state index contributed by atoms with van der Waals surface area (Å²) in [6.45, 7) is 10.1. The van der Waals surface area contributed by atoms with Crippen LogP contribution in [0.1, 0.15) is 31.7 Å². The fourth-order valence-corrected chi connectivity index (χ4v) is 5.71. The second kappa shape index (κ2) is 8.65. The number of aromatic nitrogens is 3.